The molecule has 1 unspecified atom stereocenters. The monoisotopic (exact) mass is 777 g/mol. The van der Waals surface area contributed by atoms with Gasteiger partial charge in [0.2, 0.25) is 5.88 Å². The molecule has 3 aromatic rings. The number of carboxylic acid groups (broad SMARTS) is 2. The highest BCUT2D eigenvalue weighted by atomic mass is 35.5. The van der Waals surface area contributed by atoms with Crippen molar-refractivity contribution in [2.24, 2.45) is 0 Å². The zero-order valence-corrected chi connectivity index (χ0v) is 31.1. The first-order valence-electron chi connectivity index (χ1n) is 16.5. The zero-order chi connectivity index (χ0) is 39.1. The van der Waals surface area contributed by atoms with Crippen LogP contribution in [0.15, 0.2) is 65.7 Å². The van der Waals surface area contributed by atoms with Gasteiger partial charge in [-0.1, -0.05) is 11.6 Å². The number of fused-ring (bicyclic) bond motifs is 1. The fourth-order valence-corrected chi connectivity index (χ4v) is 7.97. The number of hydrogen-bond acceptors (Lipinski definition) is 11. The number of ether oxygens (including phenoxy) is 2. The van der Waals surface area contributed by atoms with Crippen LogP contribution in [-0.4, -0.2) is 122 Å². The van der Waals surface area contributed by atoms with E-state index in [1.165, 1.54) is 48.5 Å². The molecule has 4 heterocycles. The number of halogens is 2. The zero-order valence-electron chi connectivity index (χ0n) is 29.6. The van der Waals surface area contributed by atoms with Crippen molar-refractivity contribution in [1.82, 2.24) is 19.7 Å². The lowest BCUT2D eigenvalue weighted by molar-refractivity contribution is -0.135. The number of anilines is 1. The molecule has 1 atom stereocenters. The maximum Gasteiger partial charge on any atom is 0.411 e. The van der Waals surface area contributed by atoms with E-state index >= 15 is 0 Å². The second kappa shape index (κ2) is 17.3. The molecule has 3 aliphatic rings. The Hall–Kier alpha value is -4.84. The molecule has 15 nitrogen and oxygen atoms in total. The third-order valence-electron chi connectivity index (χ3n) is 8.76. The molecule has 2 saturated heterocycles. The first-order chi connectivity index (χ1) is 25.0. The molecule has 18 heteroatoms. The Kier molecular flexibility index (Phi) is 13.4. The van der Waals surface area contributed by atoms with Gasteiger partial charge in [-0.15, -0.1) is 0 Å². The third-order valence-corrected chi connectivity index (χ3v) is 10.7. The Morgan fingerprint density at radius 2 is 1.51 bits per heavy atom. The maximum absolute atomic E-state index is 14.7. The number of benzene rings is 2. The van der Waals surface area contributed by atoms with Gasteiger partial charge in [0.25, 0.3) is 33.5 Å². The van der Waals surface area contributed by atoms with Gasteiger partial charge in [-0.25, -0.2) is 22.6 Å². The van der Waals surface area contributed by atoms with Crippen LogP contribution >= 0.6 is 11.6 Å². The fourth-order valence-electron chi connectivity index (χ4n) is 6.35. The number of piperidine rings is 1. The molecule has 2 aromatic carbocycles. The lowest BCUT2D eigenvalue weighted by Crippen LogP contribution is -2.55. The molecule has 53 heavy (non-hydrogen) atoms. The Balaban J connectivity index is 0.000000714. The van der Waals surface area contributed by atoms with Crippen molar-refractivity contribution in [3.8, 4) is 5.88 Å². The van der Waals surface area contributed by atoms with Gasteiger partial charge in [0.1, 0.15) is 5.82 Å². The second-order valence-corrected chi connectivity index (χ2v) is 14.6. The average Bonchev–Trinajstić information content (AvgIpc) is 3.35. The van der Waals surface area contributed by atoms with Gasteiger partial charge in [0, 0.05) is 62.9 Å². The van der Waals surface area contributed by atoms with Crippen molar-refractivity contribution in [3.05, 3.63) is 82.8 Å². The van der Waals surface area contributed by atoms with Gasteiger partial charge in [-0.05, 0) is 87.6 Å². The number of hydrogen-bond donors (Lipinski definition) is 2. The fraction of sp³-hybridized carbons (Fsp3) is 0.400. The normalized spacial score (nSPS) is 19.2. The number of methoxy groups -OCH3 is 1. The van der Waals surface area contributed by atoms with E-state index in [2.05, 4.69) is 21.8 Å². The first-order valence-corrected chi connectivity index (χ1v) is 18.3. The number of nitrogens with zero attached hydrogens (tertiary/aromatic N) is 5. The highest BCUT2D eigenvalue weighted by molar-refractivity contribution is 7.93. The van der Waals surface area contributed by atoms with E-state index in [0.717, 1.165) is 64.0 Å². The second-order valence-electron chi connectivity index (χ2n) is 12.4. The Bertz CT molecular complexity index is 1900. The molecule has 3 aliphatic heterocycles. The number of aliphatic carboxylic acids is 2. The van der Waals surface area contributed by atoms with Crippen LogP contribution in [0.25, 0.3) is 0 Å². The number of rotatable bonds is 6. The topological polar surface area (TPSA) is 187 Å². The summed E-state index contributed by atoms with van der Waals surface area (Å²) >= 11 is 6.41. The Labute approximate surface area is 311 Å². The minimum atomic E-state index is -4.62. The number of piperazine rings is 1. The van der Waals surface area contributed by atoms with Crippen LogP contribution in [0.3, 0.4) is 0 Å². The molecule has 0 bridgehead atoms. The maximum atomic E-state index is 14.7. The summed E-state index contributed by atoms with van der Waals surface area (Å²) in [6, 6.07) is 11.8. The van der Waals surface area contributed by atoms with E-state index in [9.17, 15) is 22.4 Å². The number of aromatic nitrogens is 1. The van der Waals surface area contributed by atoms with Crippen molar-refractivity contribution < 1.29 is 51.7 Å². The molecular formula is C35H41ClFN5O10S. The predicted octanol–water partition coefficient (Wildman–Crippen LogP) is 3.89. The highest BCUT2D eigenvalue weighted by Gasteiger charge is 2.61. The third kappa shape index (κ3) is 9.22. The molecule has 2 amide bonds. The van der Waals surface area contributed by atoms with Crippen molar-refractivity contribution in [3.63, 3.8) is 0 Å². The van der Waals surface area contributed by atoms with E-state index in [1.54, 1.807) is 0 Å². The van der Waals surface area contributed by atoms with Crippen molar-refractivity contribution in [2.45, 2.75) is 43.2 Å². The molecule has 286 valence electrons. The summed E-state index contributed by atoms with van der Waals surface area (Å²) in [5, 5.41) is 15.0. The SMILES string of the molecule is CC(=O)O.CC(=O)O.COc1ncccc1C1(OC(=O)N2CCN(C3CCN(C)CC3)CC2)C(=O)N(S(=O)(=O)c2ccc(F)cc2)c2ccc(Cl)cc21. The van der Waals surface area contributed by atoms with Gasteiger partial charge in [0.15, 0.2) is 0 Å². The van der Waals surface area contributed by atoms with Crippen LogP contribution in [0, 0.1) is 5.82 Å². The van der Waals surface area contributed by atoms with E-state index in [1.807, 2.05) is 0 Å². The summed E-state index contributed by atoms with van der Waals surface area (Å²) in [6.07, 6.45) is 2.74. The van der Waals surface area contributed by atoms with E-state index in [-0.39, 0.29) is 32.6 Å². The van der Waals surface area contributed by atoms with Crippen LogP contribution in [-0.2, 0) is 34.7 Å². The van der Waals surface area contributed by atoms with Crippen LogP contribution in [0.1, 0.15) is 37.8 Å². The quantitative estimate of drug-likeness (QED) is 0.368. The Morgan fingerprint density at radius 3 is 2.08 bits per heavy atom. The first kappa shape index (κ1) is 40.9. The number of carboxylic acids is 2. The van der Waals surface area contributed by atoms with Crippen LogP contribution in [0.2, 0.25) is 5.02 Å². The minimum absolute atomic E-state index is 0.0234. The van der Waals surface area contributed by atoms with Gasteiger partial charge in [-0.2, -0.15) is 4.31 Å². The number of pyridine rings is 1. The van der Waals surface area contributed by atoms with E-state index in [4.69, 9.17) is 40.9 Å². The smallest absolute Gasteiger partial charge is 0.411 e. The molecular weight excluding hydrogens is 737 g/mol. The van der Waals surface area contributed by atoms with Crippen LogP contribution in [0.4, 0.5) is 14.9 Å². The lowest BCUT2D eigenvalue weighted by atomic mass is 9.87. The van der Waals surface area contributed by atoms with Gasteiger partial charge < -0.3 is 29.5 Å². The summed E-state index contributed by atoms with van der Waals surface area (Å²) in [5.74, 6) is -3.44. The molecule has 6 rings (SSSR count). The number of likely N-dealkylation sites (tertiary alicyclic amines) is 1. The summed E-state index contributed by atoms with van der Waals surface area (Å²) in [4.78, 5) is 56.8. The van der Waals surface area contributed by atoms with Gasteiger partial charge >= 0.3 is 6.09 Å². The lowest BCUT2D eigenvalue weighted by Gasteiger charge is -2.42. The minimum Gasteiger partial charge on any atom is -0.481 e. The average molecular weight is 778 g/mol. The van der Waals surface area contributed by atoms with Gasteiger partial charge in [-0.3, -0.25) is 19.3 Å². The van der Waals surface area contributed by atoms with E-state index < -0.39 is 45.4 Å². The van der Waals surface area contributed by atoms with Crippen LogP contribution in [0.5, 0.6) is 5.88 Å². The summed E-state index contributed by atoms with van der Waals surface area (Å²) < 4.78 is 54.0. The molecule has 0 spiro atoms. The molecule has 0 radical (unpaired) electrons. The number of amides is 2. The van der Waals surface area contributed by atoms with E-state index in [0.29, 0.717) is 36.5 Å². The van der Waals surface area contributed by atoms with Gasteiger partial charge in [0.05, 0.1) is 23.3 Å². The van der Waals surface area contributed by atoms with Crippen molar-refractivity contribution in [1.29, 1.82) is 0 Å². The molecule has 0 aliphatic carbocycles. The van der Waals surface area contributed by atoms with Crippen LogP contribution < -0.4 is 9.04 Å². The number of sulfonamides is 1. The van der Waals surface area contributed by atoms with Crippen molar-refractivity contribution >= 4 is 51.3 Å². The van der Waals surface area contributed by atoms with Crippen molar-refractivity contribution in [2.75, 3.05) is 57.7 Å². The number of carbonyl (C=O) groups is 4. The molecule has 2 N–H and O–H groups in total. The molecule has 1 aromatic heterocycles. The summed E-state index contributed by atoms with van der Waals surface area (Å²) in [5.41, 5.74) is -2.35. The standard InChI is InChI=1S/C31H33ClFN5O6S.2C2H4O2/c1-35-14-11-23(12-15-35)36-16-18-37(19-17-36)30(40)44-31(25-4-3-13-34-28(25)43-2)26-20-21(32)5-10-27(26)38(29(31)39)45(41,42)24-8-6-22(33)7-9-24;2*1-2(3)4/h3-10,13,20,23H,11-12,14-19H2,1-2H3;2*1H3,(H,3,4). The predicted molar refractivity (Wildman–Crippen MR) is 191 cm³/mol. The molecule has 0 saturated carbocycles. The number of carbonyl (C=O) groups excluding carboxylic acids is 2. The highest BCUT2D eigenvalue weighted by Crippen LogP contribution is 2.52. The summed E-state index contributed by atoms with van der Waals surface area (Å²) in [6.45, 7) is 6.19. The largest absolute Gasteiger partial charge is 0.481 e. The summed E-state index contributed by atoms with van der Waals surface area (Å²) in [7, 11) is -1.16. The Morgan fingerprint density at radius 1 is 0.925 bits per heavy atom. The molecule has 2 fully saturated rings.